The predicted octanol–water partition coefficient (Wildman–Crippen LogP) is 1.44. The van der Waals surface area contributed by atoms with E-state index in [0.717, 1.165) is 11.3 Å². The molecule has 1 atom stereocenters. The molecule has 3 N–H and O–H groups in total. The number of carbonyl (C=O) groups is 1. The van der Waals surface area contributed by atoms with E-state index in [9.17, 15) is 4.79 Å². The van der Waals surface area contributed by atoms with E-state index in [0.29, 0.717) is 19.4 Å². The van der Waals surface area contributed by atoms with Crippen molar-refractivity contribution >= 4 is 5.91 Å². The first kappa shape index (κ1) is 13.5. The Morgan fingerprint density at radius 1 is 1.47 bits per heavy atom. The van der Waals surface area contributed by atoms with Crippen LogP contribution in [0.25, 0.3) is 0 Å². The average molecular weight is 236 g/mol. The Hall–Kier alpha value is -1.55. The molecule has 4 nitrogen and oxygen atoms in total. The van der Waals surface area contributed by atoms with Gasteiger partial charge in [0.05, 0.1) is 7.11 Å². The van der Waals surface area contributed by atoms with Crippen LogP contribution in [-0.2, 0) is 11.3 Å². The molecule has 0 aliphatic carbocycles. The molecule has 0 aliphatic rings. The summed E-state index contributed by atoms with van der Waals surface area (Å²) < 4.78 is 5.20. The lowest BCUT2D eigenvalue weighted by Crippen LogP contribution is -2.25. The van der Waals surface area contributed by atoms with Crippen LogP contribution in [-0.4, -0.2) is 19.1 Å². The summed E-state index contributed by atoms with van der Waals surface area (Å²) in [5.74, 6) is 0.813. The maximum Gasteiger partial charge on any atom is 0.220 e. The van der Waals surface area contributed by atoms with Gasteiger partial charge in [-0.1, -0.05) is 18.2 Å². The molecule has 0 radical (unpaired) electrons. The monoisotopic (exact) mass is 236 g/mol. The molecule has 0 saturated carbocycles. The fourth-order valence-electron chi connectivity index (χ4n) is 1.49. The van der Waals surface area contributed by atoms with Gasteiger partial charge in [-0.2, -0.15) is 0 Å². The summed E-state index contributed by atoms with van der Waals surface area (Å²) >= 11 is 0. The summed E-state index contributed by atoms with van der Waals surface area (Å²) in [6.45, 7) is 2.38. The third-order valence-corrected chi connectivity index (χ3v) is 2.50. The molecule has 0 heterocycles. The summed E-state index contributed by atoms with van der Waals surface area (Å²) in [5.41, 5.74) is 6.57. The van der Waals surface area contributed by atoms with Gasteiger partial charge in [-0.25, -0.2) is 0 Å². The quantitative estimate of drug-likeness (QED) is 0.785. The first-order chi connectivity index (χ1) is 8.13. The number of para-hydroxylation sites is 1. The molecule has 94 valence electrons. The molecular formula is C13H20N2O2. The van der Waals surface area contributed by atoms with Crippen molar-refractivity contribution < 1.29 is 9.53 Å². The number of benzene rings is 1. The fourth-order valence-corrected chi connectivity index (χ4v) is 1.49. The molecule has 1 unspecified atom stereocenters. The minimum Gasteiger partial charge on any atom is -0.496 e. The van der Waals surface area contributed by atoms with Crippen molar-refractivity contribution in [2.75, 3.05) is 7.11 Å². The summed E-state index contributed by atoms with van der Waals surface area (Å²) in [6.07, 6.45) is 1.17. The highest BCUT2D eigenvalue weighted by molar-refractivity contribution is 5.75. The number of carbonyl (C=O) groups excluding carboxylic acids is 1. The molecule has 0 aliphatic heterocycles. The van der Waals surface area contributed by atoms with Crippen molar-refractivity contribution in [2.45, 2.75) is 32.4 Å². The highest BCUT2D eigenvalue weighted by Crippen LogP contribution is 2.16. The van der Waals surface area contributed by atoms with Crippen LogP contribution in [0, 0.1) is 0 Å². The van der Waals surface area contributed by atoms with Crippen molar-refractivity contribution in [3.8, 4) is 5.75 Å². The number of amides is 1. The van der Waals surface area contributed by atoms with Crippen LogP contribution in [0.15, 0.2) is 24.3 Å². The summed E-state index contributed by atoms with van der Waals surface area (Å²) in [5, 5.41) is 2.85. The van der Waals surface area contributed by atoms with Gasteiger partial charge in [-0.05, 0) is 19.4 Å². The summed E-state index contributed by atoms with van der Waals surface area (Å²) in [7, 11) is 1.62. The number of nitrogens with two attached hydrogens (primary N) is 1. The van der Waals surface area contributed by atoms with E-state index in [1.165, 1.54) is 0 Å². The molecule has 1 aromatic rings. The van der Waals surface area contributed by atoms with Crippen LogP contribution in [0.5, 0.6) is 5.75 Å². The number of hydrogen-bond acceptors (Lipinski definition) is 3. The Kier molecular flexibility index (Phi) is 5.49. The highest BCUT2D eigenvalue weighted by Gasteiger charge is 2.05. The van der Waals surface area contributed by atoms with Gasteiger partial charge in [0.2, 0.25) is 5.91 Å². The van der Waals surface area contributed by atoms with Gasteiger partial charge in [-0.3, -0.25) is 4.79 Å². The van der Waals surface area contributed by atoms with Crippen molar-refractivity contribution in [1.29, 1.82) is 0 Å². The lowest BCUT2D eigenvalue weighted by atomic mass is 10.1. The number of hydrogen-bond donors (Lipinski definition) is 2. The highest BCUT2D eigenvalue weighted by atomic mass is 16.5. The van der Waals surface area contributed by atoms with Crippen LogP contribution in [0.1, 0.15) is 25.3 Å². The first-order valence-corrected chi connectivity index (χ1v) is 5.77. The lowest BCUT2D eigenvalue weighted by molar-refractivity contribution is -0.121. The van der Waals surface area contributed by atoms with E-state index in [4.69, 9.17) is 10.5 Å². The summed E-state index contributed by atoms with van der Waals surface area (Å²) in [6, 6.07) is 7.70. The lowest BCUT2D eigenvalue weighted by Gasteiger charge is -2.10. The Morgan fingerprint density at radius 3 is 2.82 bits per heavy atom. The first-order valence-electron chi connectivity index (χ1n) is 5.77. The van der Waals surface area contributed by atoms with E-state index < -0.39 is 0 Å². The number of methoxy groups -OCH3 is 1. The zero-order chi connectivity index (χ0) is 12.7. The van der Waals surface area contributed by atoms with Crippen molar-refractivity contribution in [3.05, 3.63) is 29.8 Å². The molecule has 1 amide bonds. The smallest absolute Gasteiger partial charge is 0.220 e. The van der Waals surface area contributed by atoms with Gasteiger partial charge in [-0.15, -0.1) is 0 Å². The molecule has 0 aromatic heterocycles. The molecule has 0 spiro atoms. The predicted molar refractivity (Wildman–Crippen MR) is 67.7 cm³/mol. The van der Waals surface area contributed by atoms with Crippen LogP contribution in [0.2, 0.25) is 0 Å². The minimum atomic E-state index is 0.0215. The normalized spacial score (nSPS) is 11.9. The van der Waals surface area contributed by atoms with Gasteiger partial charge in [0.1, 0.15) is 5.75 Å². The third-order valence-electron chi connectivity index (χ3n) is 2.50. The van der Waals surface area contributed by atoms with Crippen molar-refractivity contribution in [3.63, 3.8) is 0 Å². The average Bonchev–Trinajstić information content (AvgIpc) is 2.34. The topological polar surface area (TPSA) is 64.3 Å². The molecule has 0 saturated heterocycles. The maximum atomic E-state index is 11.5. The number of rotatable bonds is 6. The minimum absolute atomic E-state index is 0.0215. The maximum absolute atomic E-state index is 11.5. The fraction of sp³-hybridized carbons (Fsp3) is 0.462. The Bertz CT molecular complexity index is 364. The van der Waals surface area contributed by atoms with E-state index in [2.05, 4.69) is 5.32 Å². The Balaban J connectivity index is 2.42. The van der Waals surface area contributed by atoms with Crippen molar-refractivity contribution in [2.24, 2.45) is 5.73 Å². The molecule has 1 rings (SSSR count). The number of nitrogens with one attached hydrogen (secondary N) is 1. The van der Waals surface area contributed by atoms with Gasteiger partial charge < -0.3 is 15.8 Å². The molecule has 0 bridgehead atoms. The molecular weight excluding hydrogens is 216 g/mol. The molecule has 0 fully saturated rings. The standard InChI is InChI=1S/C13H20N2O2/c1-10(14)7-8-13(16)15-9-11-5-3-4-6-12(11)17-2/h3-6,10H,7-9,14H2,1-2H3,(H,15,16). The van der Waals surface area contributed by atoms with Crippen LogP contribution < -0.4 is 15.8 Å². The van der Waals surface area contributed by atoms with Crippen LogP contribution in [0.3, 0.4) is 0 Å². The van der Waals surface area contributed by atoms with Gasteiger partial charge in [0.15, 0.2) is 0 Å². The van der Waals surface area contributed by atoms with Gasteiger partial charge in [0.25, 0.3) is 0 Å². The SMILES string of the molecule is COc1ccccc1CNC(=O)CCC(C)N. The van der Waals surface area contributed by atoms with E-state index in [1.54, 1.807) is 7.11 Å². The van der Waals surface area contributed by atoms with Gasteiger partial charge >= 0.3 is 0 Å². The summed E-state index contributed by atoms with van der Waals surface area (Å²) in [4.78, 5) is 11.5. The molecule has 1 aromatic carbocycles. The Labute approximate surface area is 102 Å². The van der Waals surface area contributed by atoms with E-state index in [1.807, 2.05) is 31.2 Å². The zero-order valence-electron chi connectivity index (χ0n) is 10.4. The van der Waals surface area contributed by atoms with Gasteiger partial charge in [0, 0.05) is 24.6 Å². The molecule has 17 heavy (non-hydrogen) atoms. The second kappa shape index (κ2) is 6.91. The molecule has 4 heteroatoms. The van der Waals surface area contributed by atoms with Crippen LogP contribution >= 0.6 is 0 Å². The largest absolute Gasteiger partial charge is 0.496 e. The van der Waals surface area contributed by atoms with Crippen molar-refractivity contribution in [1.82, 2.24) is 5.32 Å². The van der Waals surface area contributed by atoms with E-state index in [-0.39, 0.29) is 11.9 Å². The van der Waals surface area contributed by atoms with Crippen LogP contribution in [0.4, 0.5) is 0 Å². The second-order valence-corrected chi connectivity index (χ2v) is 4.10. The zero-order valence-corrected chi connectivity index (χ0v) is 10.4. The second-order valence-electron chi connectivity index (χ2n) is 4.10. The number of ether oxygens (including phenoxy) is 1. The Morgan fingerprint density at radius 2 is 2.18 bits per heavy atom. The van der Waals surface area contributed by atoms with E-state index >= 15 is 0 Å². The third kappa shape index (κ3) is 4.87.